The van der Waals surface area contributed by atoms with Crippen molar-refractivity contribution in [3.05, 3.63) is 35.4 Å². The minimum absolute atomic E-state index is 0.136. The molecular formula is C11H14F3N. The molecule has 0 aliphatic rings. The lowest BCUT2D eigenvalue weighted by Crippen LogP contribution is -2.35. The van der Waals surface area contributed by atoms with E-state index in [0.29, 0.717) is 0 Å². The largest absolute Gasteiger partial charge is 0.328 e. The van der Waals surface area contributed by atoms with E-state index in [2.05, 4.69) is 0 Å². The molecule has 0 amide bonds. The van der Waals surface area contributed by atoms with Gasteiger partial charge in [0.2, 0.25) is 0 Å². The summed E-state index contributed by atoms with van der Waals surface area (Å²) in [5.74, 6) is -1.45. The molecular weight excluding hydrogens is 203 g/mol. The van der Waals surface area contributed by atoms with Crippen LogP contribution in [-0.2, 0) is 6.42 Å². The van der Waals surface area contributed by atoms with E-state index in [1.54, 1.807) is 6.92 Å². The van der Waals surface area contributed by atoms with Crippen molar-refractivity contribution < 1.29 is 13.2 Å². The molecule has 0 saturated heterocycles. The third-order valence-corrected chi connectivity index (χ3v) is 2.55. The van der Waals surface area contributed by atoms with E-state index in [4.69, 9.17) is 5.73 Å². The quantitative estimate of drug-likeness (QED) is 0.824. The molecule has 1 rings (SSSR count). The van der Waals surface area contributed by atoms with E-state index in [9.17, 15) is 13.2 Å². The van der Waals surface area contributed by atoms with E-state index in [1.807, 2.05) is 0 Å². The van der Waals surface area contributed by atoms with Gasteiger partial charge in [0.05, 0.1) is 0 Å². The Kier molecular flexibility index (Phi) is 3.74. The van der Waals surface area contributed by atoms with Gasteiger partial charge < -0.3 is 5.73 Å². The highest BCUT2D eigenvalue weighted by atomic mass is 19.1. The van der Waals surface area contributed by atoms with Gasteiger partial charge in [-0.2, -0.15) is 0 Å². The summed E-state index contributed by atoms with van der Waals surface area (Å²) in [4.78, 5) is 0. The van der Waals surface area contributed by atoms with Crippen molar-refractivity contribution in [3.63, 3.8) is 0 Å². The Morgan fingerprint density at radius 1 is 1.27 bits per heavy atom. The van der Waals surface area contributed by atoms with Crippen molar-refractivity contribution in [2.75, 3.05) is 6.54 Å². The van der Waals surface area contributed by atoms with Crippen LogP contribution in [0.5, 0.6) is 0 Å². The van der Waals surface area contributed by atoms with Gasteiger partial charge in [0.1, 0.15) is 17.3 Å². The molecule has 0 saturated carbocycles. The first-order valence-corrected chi connectivity index (χ1v) is 4.84. The van der Waals surface area contributed by atoms with Gasteiger partial charge in [0.15, 0.2) is 0 Å². The predicted molar refractivity (Wildman–Crippen MR) is 53.2 cm³/mol. The highest BCUT2D eigenvalue weighted by molar-refractivity contribution is 5.21. The molecule has 2 N–H and O–H groups in total. The molecule has 0 spiro atoms. The summed E-state index contributed by atoms with van der Waals surface area (Å²) in [6.45, 7) is 1.36. The van der Waals surface area contributed by atoms with E-state index in [-0.39, 0.29) is 24.9 Å². The summed E-state index contributed by atoms with van der Waals surface area (Å²) >= 11 is 0. The standard InChI is InChI=1S/C11H14F3N/c1-2-11(14,7-15)6-8-9(12)4-3-5-10(8)13/h3-5H,2,6-7,15H2,1H3. The molecule has 1 aromatic carbocycles. The Morgan fingerprint density at radius 2 is 1.80 bits per heavy atom. The summed E-state index contributed by atoms with van der Waals surface area (Å²) < 4.78 is 40.2. The number of hydrogen-bond donors (Lipinski definition) is 1. The Bertz CT molecular complexity index is 314. The van der Waals surface area contributed by atoms with Crippen LogP contribution in [0, 0.1) is 11.6 Å². The zero-order chi connectivity index (χ0) is 11.5. The van der Waals surface area contributed by atoms with Gasteiger partial charge in [-0.05, 0) is 18.6 Å². The van der Waals surface area contributed by atoms with Crippen LogP contribution in [0.15, 0.2) is 18.2 Å². The second-order valence-corrected chi connectivity index (χ2v) is 3.59. The first kappa shape index (κ1) is 12.0. The minimum Gasteiger partial charge on any atom is -0.328 e. The van der Waals surface area contributed by atoms with Crippen LogP contribution in [0.3, 0.4) is 0 Å². The van der Waals surface area contributed by atoms with Crippen LogP contribution in [0.2, 0.25) is 0 Å². The summed E-state index contributed by atoms with van der Waals surface area (Å²) in [5, 5.41) is 0. The molecule has 84 valence electrons. The lowest BCUT2D eigenvalue weighted by Gasteiger charge is -2.22. The van der Waals surface area contributed by atoms with Gasteiger partial charge in [-0.25, -0.2) is 13.2 Å². The SMILES string of the molecule is CCC(F)(CN)Cc1c(F)cccc1F. The molecule has 0 aliphatic heterocycles. The van der Waals surface area contributed by atoms with Crippen LogP contribution in [0.1, 0.15) is 18.9 Å². The van der Waals surface area contributed by atoms with Crippen molar-refractivity contribution in [2.45, 2.75) is 25.4 Å². The van der Waals surface area contributed by atoms with E-state index < -0.39 is 17.3 Å². The number of hydrogen-bond acceptors (Lipinski definition) is 1. The van der Waals surface area contributed by atoms with Gasteiger partial charge in [-0.1, -0.05) is 13.0 Å². The molecule has 0 aliphatic carbocycles. The molecule has 0 bridgehead atoms. The molecule has 1 nitrogen and oxygen atoms in total. The van der Waals surface area contributed by atoms with Crippen molar-refractivity contribution in [1.82, 2.24) is 0 Å². The van der Waals surface area contributed by atoms with Crippen LogP contribution in [0.25, 0.3) is 0 Å². The molecule has 1 atom stereocenters. The molecule has 0 heterocycles. The Morgan fingerprint density at radius 3 is 2.20 bits per heavy atom. The summed E-state index contributed by atoms with van der Waals surface area (Å²) in [5.41, 5.74) is 3.28. The smallest absolute Gasteiger partial charge is 0.129 e. The highest BCUT2D eigenvalue weighted by Gasteiger charge is 2.28. The fourth-order valence-electron chi connectivity index (χ4n) is 1.36. The van der Waals surface area contributed by atoms with E-state index in [1.165, 1.54) is 6.07 Å². The summed E-state index contributed by atoms with van der Waals surface area (Å²) in [6.07, 6.45) is -0.185. The zero-order valence-electron chi connectivity index (χ0n) is 8.56. The zero-order valence-corrected chi connectivity index (χ0v) is 8.56. The third-order valence-electron chi connectivity index (χ3n) is 2.55. The van der Waals surface area contributed by atoms with E-state index >= 15 is 0 Å². The maximum Gasteiger partial charge on any atom is 0.129 e. The molecule has 0 radical (unpaired) electrons. The molecule has 15 heavy (non-hydrogen) atoms. The van der Waals surface area contributed by atoms with Crippen molar-refractivity contribution in [2.24, 2.45) is 5.73 Å². The fraction of sp³-hybridized carbons (Fsp3) is 0.455. The van der Waals surface area contributed by atoms with Gasteiger partial charge in [-0.15, -0.1) is 0 Å². The van der Waals surface area contributed by atoms with Gasteiger partial charge in [0.25, 0.3) is 0 Å². The average molecular weight is 217 g/mol. The maximum absolute atomic E-state index is 13.8. The minimum atomic E-state index is -1.73. The molecule has 1 aromatic rings. The summed E-state index contributed by atoms with van der Waals surface area (Å²) in [7, 11) is 0. The van der Waals surface area contributed by atoms with Gasteiger partial charge >= 0.3 is 0 Å². The van der Waals surface area contributed by atoms with Crippen LogP contribution < -0.4 is 5.73 Å². The summed E-state index contributed by atoms with van der Waals surface area (Å²) in [6, 6.07) is 3.48. The van der Waals surface area contributed by atoms with E-state index in [0.717, 1.165) is 12.1 Å². The molecule has 1 unspecified atom stereocenters. The topological polar surface area (TPSA) is 26.0 Å². The monoisotopic (exact) mass is 217 g/mol. The Labute approximate surface area is 87.1 Å². The number of alkyl halides is 1. The highest BCUT2D eigenvalue weighted by Crippen LogP contribution is 2.24. The van der Waals surface area contributed by atoms with Crippen molar-refractivity contribution >= 4 is 0 Å². The first-order valence-electron chi connectivity index (χ1n) is 4.84. The van der Waals surface area contributed by atoms with Crippen LogP contribution >= 0.6 is 0 Å². The maximum atomic E-state index is 13.8. The lowest BCUT2D eigenvalue weighted by atomic mass is 9.93. The van der Waals surface area contributed by atoms with Crippen molar-refractivity contribution in [1.29, 1.82) is 0 Å². The number of rotatable bonds is 4. The number of benzene rings is 1. The normalized spacial score (nSPS) is 15.0. The third kappa shape index (κ3) is 2.72. The van der Waals surface area contributed by atoms with Gasteiger partial charge in [0, 0.05) is 18.5 Å². The lowest BCUT2D eigenvalue weighted by molar-refractivity contribution is 0.164. The Hall–Kier alpha value is -1.03. The average Bonchev–Trinajstić information content (AvgIpc) is 2.23. The van der Waals surface area contributed by atoms with Gasteiger partial charge in [-0.3, -0.25) is 0 Å². The van der Waals surface area contributed by atoms with Crippen molar-refractivity contribution in [3.8, 4) is 0 Å². The first-order chi connectivity index (χ1) is 7.02. The fourth-order valence-corrected chi connectivity index (χ4v) is 1.36. The number of halogens is 3. The molecule has 0 aromatic heterocycles. The second-order valence-electron chi connectivity index (χ2n) is 3.59. The molecule has 4 heteroatoms. The number of nitrogens with two attached hydrogens (primary N) is 1. The second kappa shape index (κ2) is 4.66. The van der Waals surface area contributed by atoms with Crippen LogP contribution in [0.4, 0.5) is 13.2 Å². The Balaban J connectivity index is 2.98. The predicted octanol–water partition coefficient (Wildman–Crippen LogP) is 2.58. The van der Waals surface area contributed by atoms with Crippen LogP contribution in [-0.4, -0.2) is 12.2 Å². The molecule has 0 fully saturated rings.